The average Bonchev–Trinajstić information content (AvgIpc) is 2.23. The molecule has 0 heterocycles. The van der Waals surface area contributed by atoms with Gasteiger partial charge in [0.05, 0.1) is 6.61 Å². The number of hydrazone groups is 1. The van der Waals surface area contributed by atoms with Crippen molar-refractivity contribution in [2.45, 2.75) is 40.0 Å². The van der Waals surface area contributed by atoms with Gasteiger partial charge in [-0.25, -0.2) is 10.1 Å². The molecule has 0 aliphatic carbocycles. The Hall–Kier alpha value is -1.33. The summed E-state index contributed by atoms with van der Waals surface area (Å²) in [6, 6.07) is 0.135. The van der Waals surface area contributed by atoms with E-state index < -0.39 is 5.03 Å². The lowest BCUT2D eigenvalue weighted by molar-refractivity contribution is -0.487. The molecule has 0 aromatic carbocycles. The number of rotatable bonds is 7. The van der Waals surface area contributed by atoms with Gasteiger partial charge in [0.1, 0.15) is 5.10 Å². The second-order valence-electron chi connectivity index (χ2n) is 3.46. The maximum atomic E-state index is 10.4. The lowest BCUT2D eigenvalue weighted by Crippen LogP contribution is -2.35. The first-order chi connectivity index (χ1) is 7.65. The largest absolute Gasteiger partial charge is 0.461 e. The summed E-state index contributed by atoms with van der Waals surface area (Å²) < 4.78 is 5.30. The number of nitro groups is 1. The van der Waals surface area contributed by atoms with Gasteiger partial charge >= 0.3 is 6.02 Å². The molecule has 0 amide bonds. The van der Waals surface area contributed by atoms with Gasteiger partial charge in [0, 0.05) is 13.1 Å². The van der Waals surface area contributed by atoms with Crippen LogP contribution in [0.15, 0.2) is 5.10 Å². The van der Waals surface area contributed by atoms with Crippen LogP contribution in [-0.4, -0.2) is 35.7 Å². The highest BCUT2D eigenvalue weighted by Gasteiger charge is 2.15. The summed E-state index contributed by atoms with van der Waals surface area (Å²) in [6.07, 6.45) is 2.63. The van der Waals surface area contributed by atoms with Crippen molar-refractivity contribution in [1.29, 1.82) is 0 Å². The number of hydrogen-bond acceptors (Lipinski definition) is 3. The van der Waals surface area contributed by atoms with Crippen LogP contribution in [0.3, 0.4) is 0 Å². The lowest BCUT2D eigenvalue weighted by atomic mass is 10.4. The van der Waals surface area contributed by atoms with Crippen LogP contribution in [0.1, 0.15) is 40.0 Å². The van der Waals surface area contributed by atoms with E-state index in [1.807, 2.05) is 25.7 Å². The van der Waals surface area contributed by atoms with Crippen molar-refractivity contribution in [2.75, 3.05) is 19.7 Å². The van der Waals surface area contributed by atoms with Crippen molar-refractivity contribution in [3.05, 3.63) is 10.1 Å². The summed E-state index contributed by atoms with van der Waals surface area (Å²) in [6.45, 7) is 7.90. The predicted octanol–water partition coefficient (Wildman–Crippen LogP) is 2.08. The number of amidine groups is 1. The van der Waals surface area contributed by atoms with Crippen LogP contribution in [0.4, 0.5) is 0 Å². The molecule has 0 unspecified atom stereocenters. The van der Waals surface area contributed by atoms with Gasteiger partial charge in [-0.1, -0.05) is 20.8 Å². The minimum atomic E-state index is -0.705. The molecule has 6 heteroatoms. The Morgan fingerprint density at radius 2 is 1.81 bits per heavy atom. The van der Waals surface area contributed by atoms with Crippen LogP contribution >= 0.6 is 0 Å². The second-order valence-corrected chi connectivity index (χ2v) is 3.46. The van der Waals surface area contributed by atoms with Gasteiger partial charge in [-0.15, -0.1) is 0 Å². The van der Waals surface area contributed by atoms with Gasteiger partial charge in [0.15, 0.2) is 5.03 Å². The number of ether oxygens (including phenoxy) is 1. The van der Waals surface area contributed by atoms with E-state index in [-0.39, 0.29) is 6.02 Å². The summed E-state index contributed by atoms with van der Waals surface area (Å²) in [5.74, 6) is 0. The van der Waals surface area contributed by atoms with Crippen molar-refractivity contribution >= 4 is 6.02 Å². The Bertz CT molecular complexity index is 225. The SMILES string of the molecule is CCCOC(=N[N+](=O)[O-])N(CCC)CCC. The molecular formula is C10H21N3O3. The van der Waals surface area contributed by atoms with Crippen LogP contribution in [0.5, 0.6) is 0 Å². The van der Waals surface area contributed by atoms with Gasteiger partial charge in [-0.05, 0) is 19.3 Å². The third kappa shape index (κ3) is 6.21. The maximum absolute atomic E-state index is 10.4. The van der Waals surface area contributed by atoms with E-state index >= 15 is 0 Å². The fourth-order valence-electron chi connectivity index (χ4n) is 1.29. The molecule has 0 atom stereocenters. The maximum Gasteiger partial charge on any atom is 0.361 e. The molecule has 0 N–H and O–H groups in total. The Morgan fingerprint density at radius 3 is 2.19 bits per heavy atom. The van der Waals surface area contributed by atoms with Gasteiger partial charge < -0.3 is 9.64 Å². The highest BCUT2D eigenvalue weighted by molar-refractivity contribution is 5.73. The molecule has 0 aliphatic heterocycles. The summed E-state index contributed by atoms with van der Waals surface area (Å²) in [5.41, 5.74) is 0. The molecule has 0 fully saturated rings. The summed E-state index contributed by atoms with van der Waals surface area (Å²) >= 11 is 0. The Kier molecular flexibility index (Phi) is 8.19. The third-order valence-corrected chi connectivity index (χ3v) is 1.86. The predicted molar refractivity (Wildman–Crippen MR) is 62.8 cm³/mol. The molecule has 6 nitrogen and oxygen atoms in total. The van der Waals surface area contributed by atoms with Gasteiger partial charge in [0.2, 0.25) is 0 Å². The Morgan fingerprint density at radius 1 is 1.25 bits per heavy atom. The summed E-state index contributed by atoms with van der Waals surface area (Å²) in [7, 11) is 0. The zero-order chi connectivity index (χ0) is 12.4. The Labute approximate surface area is 96.4 Å². The van der Waals surface area contributed by atoms with Crippen LogP contribution < -0.4 is 0 Å². The van der Waals surface area contributed by atoms with Crippen molar-refractivity contribution in [1.82, 2.24) is 4.90 Å². The smallest absolute Gasteiger partial charge is 0.361 e. The Balaban J connectivity index is 4.58. The molecular weight excluding hydrogens is 210 g/mol. The van der Waals surface area contributed by atoms with E-state index in [9.17, 15) is 10.1 Å². The zero-order valence-corrected chi connectivity index (χ0v) is 10.3. The first-order valence-corrected chi connectivity index (χ1v) is 5.76. The summed E-state index contributed by atoms with van der Waals surface area (Å²) in [5, 5.41) is 13.0. The van der Waals surface area contributed by atoms with E-state index in [1.54, 1.807) is 0 Å². The minimum absolute atomic E-state index is 0.135. The highest BCUT2D eigenvalue weighted by Crippen LogP contribution is 2.00. The highest BCUT2D eigenvalue weighted by atomic mass is 16.7. The molecule has 0 aromatic heterocycles. The monoisotopic (exact) mass is 231 g/mol. The van der Waals surface area contributed by atoms with Crippen molar-refractivity contribution in [2.24, 2.45) is 5.10 Å². The van der Waals surface area contributed by atoms with Crippen LogP contribution in [0.2, 0.25) is 0 Å². The topological polar surface area (TPSA) is 68.0 Å². The quantitative estimate of drug-likeness (QED) is 0.291. The van der Waals surface area contributed by atoms with Crippen LogP contribution in [-0.2, 0) is 4.74 Å². The van der Waals surface area contributed by atoms with Crippen LogP contribution in [0, 0.1) is 10.1 Å². The molecule has 0 rings (SSSR count). The van der Waals surface area contributed by atoms with E-state index in [1.165, 1.54) is 0 Å². The third-order valence-electron chi connectivity index (χ3n) is 1.86. The second kappa shape index (κ2) is 8.94. The molecule has 0 saturated carbocycles. The normalized spacial score (nSPS) is 11.3. The van der Waals surface area contributed by atoms with Gasteiger partial charge in [0.25, 0.3) is 0 Å². The van der Waals surface area contributed by atoms with E-state index in [4.69, 9.17) is 4.74 Å². The molecule has 0 spiro atoms. The molecule has 0 bridgehead atoms. The number of hydrogen-bond donors (Lipinski definition) is 0. The average molecular weight is 231 g/mol. The molecule has 0 aromatic rings. The molecule has 0 saturated heterocycles. The molecule has 16 heavy (non-hydrogen) atoms. The van der Waals surface area contributed by atoms with Crippen molar-refractivity contribution < 1.29 is 9.77 Å². The first-order valence-electron chi connectivity index (χ1n) is 5.76. The first kappa shape index (κ1) is 14.7. The van der Waals surface area contributed by atoms with Gasteiger partial charge in [-0.3, -0.25) is 0 Å². The van der Waals surface area contributed by atoms with Crippen molar-refractivity contribution in [3.63, 3.8) is 0 Å². The van der Waals surface area contributed by atoms with E-state index in [2.05, 4.69) is 5.10 Å². The standard InChI is InChI=1S/C10H21N3O3/c1-4-7-12(8-5-2)10(11-13(14)15)16-9-6-3/h4-9H2,1-3H3. The summed E-state index contributed by atoms with van der Waals surface area (Å²) in [4.78, 5) is 12.2. The van der Waals surface area contributed by atoms with E-state index in [0.29, 0.717) is 6.61 Å². The number of nitrogens with zero attached hydrogens (tertiary/aromatic N) is 3. The van der Waals surface area contributed by atoms with Crippen molar-refractivity contribution in [3.8, 4) is 0 Å². The van der Waals surface area contributed by atoms with Crippen LogP contribution in [0.25, 0.3) is 0 Å². The fraction of sp³-hybridized carbons (Fsp3) is 0.900. The van der Waals surface area contributed by atoms with Gasteiger partial charge in [-0.2, -0.15) is 0 Å². The fourth-order valence-corrected chi connectivity index (χ4v) is 1.29. The minimum Gasteiger partial charge on any atom is -0.461 e. The zero-order valence-electron chi connectivity index (χ0n) is 10.3. The molecule has 0 aliphatic rings. The molecule has 94 valence electrons. The van der Waals surface area contributed by atoms with E-state index in [0.717, 1.165) is 32.4 Å². The lowest BCUT2D eigenvalue weighted by Gasteiger charge is -2.22. The molecule has 0 radical (unpaired) electrons.